The molecule has 1 heterocycles. The van der Waals surface area contributed by atoms with E-state index in [1.807, 2.05) is 0 Å². The standard InChI is InChI=1S/C14H16F2N4OS/c15-11-6-5-9(7-12(11)16)13(21)8-22-14-17-18-19-20(14)10-3-1-2-4-10/h5-7,10,13,21H,1-4,8H2. The van der Waals surface area contributed by atoms with Crippen LogP contribution >= 0.6 is 11.8 Å². The Morgan fingerprint density at radius 2 is 2.05 bits per heavy atom. The molecule has 5 nitrogen and oxygen atoms in total. The van der Waals surface area contributed by atoms with Crippen molar-refractivity contribution in [2.45, 2.75) is 43.0 Å². The van der Waals surface area contributed by atoms with Crippen LogP contribution in [0.5, 0.6) is 0 Å². The third-order valence-electron chi connectivity index (χ3n) is 3.83. The summed E-state index contributed by atoms with van der Waals surface area (Å²) in [7, 11) is 0. The Bertz CT molecular complexity index is 646. The molecule has 1 saturated carbocycles. The molecule has 8 heteroatoms. The highest BCUT2D eigenvalue weighted by atomic mass is 32.2. The van der Waals surface area contributed by atoms with Gasteiger partial charge >= 0.3 is 0 Å². The van der Waals surface area contributed by atoms with Gasteiger partial charge in [0.05, 0.1) is 12.1 Å². The number of aliphatic hydroxyl groups excluding tert-OH is 1. The topological polar surface area (TPSA) is 63.8 Å². The first-order chi connectivity index (χ1) is 10.6. The van der Waals surface area contributed by atoms with E-state index in [4.69, 9.17) is 0 Å². The molecule has 3 rings (SSSR count). The highest BCUT2D eigenvalue weighted by Crippen LogP contribution is 2.32. The molecule has 1 N–H and O–H groups in total. The maximum atomic E-state index is 13.2. The van der Waals surface area contributed by atoms with Gasteiger partial charge in [-0.3, -0.25) is 0 Å². The first-order valence-corrected chi connectivity index (χ1v) is 8.17. The second-order valence-electron chi connectivity index (χ2n) is 5.34. The first-order valence-electron chi connectivity index (χ1n) is 7.19. The molecule has 0 saturated heterocycles. The van der Waals surface area contributed by atoms with Gasteiger partial charge < -0.3 is 5.11 Å². The molecule has 1 unspecified atom stereocenters. The number of nitrogens with zero attached hydrogens (tertiary/aromatic N) is 4. The second-order valence-corrected chi connectivity index (χ2v) is 6.33. The lowest BCUT2D eigenvalue weighted by atomic mass is 10.1. The minimum absolute atomic E-state index is 0.276. The smallest absolute Gasteiger partial charge is 0.209 e. The molecule has 0 amide bonds. The molecule has 1 aromatic carbocycles. The fourth-order valence-corrected chi connectivity index (χ4v) is 3.54. The molecular weight excluding hydrogens is 310 g/mol. The average molecular weight is 326 g/mol. The number of rotatable bonds is 5. The summed E-state index contributed by atoms with van der Waals surface area (Å²) < 4.78 is 27.9. The summed E-state index contributed by atoms with van der Waals surface area (Å²) in [6.45, 7) is 0. The predicted molar refractivity (Wildman–Crippen MR) is 77.4 cm³/mol. The number of hydrogen-bond acceptors (Lipinski definition) is 5. The van der Waals surface area contributed by atoms with Gasteiger partial charge in [0.25, 0.3) is 0 Å². The zero-order chi connectivity index (χ0) is 15.5. The maximum Gasteiger partial charge on any atom is 0.209 e. The number of thioether (sulfide) groups is 1. The highest BCUT2D eigenvalue weighted by molar-refractivity contribution is 7.99. The van der Waals surface area contributed by atoms with Gasteiger partial charge in [0.15, 0.2) is 11.6 Å². The minimum atomic E-state index is -0.961. The Hall–Kier alpha value is -1.54. The Balaban J connectivity index is 1.64. The van der Waals surface area contributed by atoms with Gasteiger partial charge in [-0.05, 0) is 41.0 Å². The number of aliphatic hydroxyl groups is 1. The van der Waals surface area contributed by atoms with E-state index in [-0.39, 0.29) is 5.75 Å². The molecule has 2 aromatic rings. The van der Waals surface area contributed by atoms with Crippen molar-refractivity contribution in [1.82, 2.24) is 20.2 Å². The predicted octanol–water partition coefficient (Wildman–Crippen LogP) is 2.89. The summed E-state index contributed by atoms with van der Waals surface area (Å²) in [6.07, 6.45) is 3.56. The quantitative estimate of drug-likeness (QED) is 0.856. The Morgan fingerprint density at radius 1 is 1.27 bits per heavy atom. The number of halogens is 2. The molecule has 1 aliphatic carbocycles. The lowest BCUT2D eigenvalue weighted by Crippen LogP contribution is -2.09. The van der Waals surface area contributed by atoms with Gasteiger partial charge in [0.2, 0.25) is 5.16 Å². The highest BCUT2D eigenvalue weighted by Gasteiger charge is 2.22. The largest absolute Gasteiger partial charge is 0.388 e. The first kappa shape index (κ1) is 15.4. The monoisotopic (exact) mass is 326 g/mol. The van der Waals surface area contributed by atoms with Crippen LogP contribution in [0.15, 0.2) is 23.4 Å². The van der Waals surface area contributed by atoms with Crippen molar-refractivity contribution >= 4 is 11.8 Å². The molecule has 22 heavy (non-hydrogen) atoms. The van der Waals surface area contributed by atoms with Crippen molar-refractivity contribution in [2.75, 3.05) is 5.75 Å². The molecule has 1 aliphatic rings. The number of benzene rings is 1. The summed E-state index contributed by atoms with van der Waals surface area (Å²) in [5.41, 5.74) is 0.339. The number of tetrazole rings is 1. The van der Waals surface area contributed by atoms with Gasteiger partial charge in [-0.2, -0.15) is 0 Å². The normalized spacial score (nSPS) is 17.0. The van der Waals surface area contributed by atoms with Crippen LogP contribution in [0.1, 0.15) is 43.4 Å². The summed E-state index contributed by atoms with van der Waals surface area (Å²) in [5.74, 6) is -1.61. The Labute approximate surface area is 130 Å². The van der Waals surface area contributed by atoms with Crippen LogP contribution in [0.2, 0.25) is 0 Å². The lowest BCUT2D eigenvalue weighted by Gasteiger charge is -2.13. The molecule has 1 atom stereocenters. The van der Waals surface area contributed by atoms with E-state index in [0.29, 0.717) is 16.8 Å². The summed E-state index contributed by atoms with van der Waals surface area (Å²) in [5, 5.41) is 22.4. The van der Waals surface area contributed by atoms with E-state index in [9.17, 15) is 13.9 Å². The van der Waals surface area contributed by atoms with Gasteiger partial charge in [-0.15, -0.1) is 5.10 Å². The van der Waals surface area contributed by atoms with Crippen LogP contribution < -0.4 is 0 Å². The summed E-state index contributed by atoms with van der Waals surface area (Å²) >= 11 is 1.31. The van der Waals surface area contributed by atoms with Crippen molar-refractivity contribution in [2.24, 2.45) is 0 Å². The van der Waals surface area contributed by atoms with Crippen LogP contribution in [0.3, 0.4) is 0 Å². The fourth-order valence-electron chi connectivity index (χ4n) is 2.63. The van der Waals surface area contributed by atoms with Gasteiger partial charge in [0.1, 0.15) is 0 Å². The third-order valence-corrected chi connectivity index (χ3v) is 4.84. The Kier molecular flexibility index (Phi) is 4.68. The molecule has 1 aromatic heterocycles. The van der Waals surface area contributed by atoms with Crippen LogP contribution in [0.25, 0.3) is 0 Å². The van der Waals surface area contributed by atoms with E-state index in [1.165, 1.54) is 30.7 Å². The molecule has 1 fully saturated rings. The van der Waals surface area contributed by atoms with Crippen LogP contribution in [-0.4, -0.2) is 31.1 Å². The molecule has 0 aliphatic heterocycles. The molecule has 0 radical (unpaired) electrons. The van der Waals surface area contributed by atoms with Gasteiger partial charge in [-0.25, -0.2) is 13.5 Å². The van der Waals surface area contributed by atoms with Crippen molar-refractivity contribution in [1.29, 1.82) is 0 Å². The van der Waals surface area contributed by atoms with E-state index < -0.39 is 17.7 Å². The van der Waals surface area contributed by atoms with E-state index in [2.05, 4.69) is 15.5 Å². The van der Waals surface area contributed by atoms with Gasteiger partial charge in [0, 0.05) is 5.75 Å². The second kappa shape index (κ2) is 6.70. The lowest BCUT2D eigenvalue weighted by molar-refractivity contribution is 0.203. The minimum Gasteiger partial charge on any atom is -0.388 e. The van der Waals surface area contributed by atoms with Gasteiger partial charge in [-0.1, -0.05) is 30.7 Å². The van der Waals surface area contributed by atoms with Crippen LogP contribution in [-0.2, 0) is 0 Å². The van der Waals surface area contributed by atoms with Crippen LogP contribution in [0, 0.1) is 11.6 Å². The summed E-state index contributed by atoms with van der Waals surface area (Å²) in [6, 6.07) is 3.73. The summed E-state index contributed by atoms with van der Waals surface area (Å²) in [4.78, 5) is 0. The molecule has 118 valence electrons. The van der Waals surface area contributed by atoms with Crippen molar-refractivity contribution in [3.63, 3.8) is 0 Å². The van der Waals surface area contributed by atoms with Crippen molar-refractivity contribution < 1.29 is 13.9 Å². The zero-order valence-electron chi connectivity index (χ0n) is 11.8. The molecular formula is C14H16F2N4OS. The van der Waals surface area contributed by atoms with E-state index in [0.717, 1.165) is 25.0 Å². The fraction of sp³-hybridized carbons (Fsp3) is 0.500. The number of hydrogen-bond donors (Lipinski definition) is 1. The third kappa shape index (κ3) is 3.27. The average Bonchev–Trinajstić information content (AvgIpc) is 3.17. The Morgan fingerprint density at radius 3 is 2.77 bits per heavy atom. The van der Waals surface area contributed by atoms with Crippen molar-refractivity contribution in [3.05, 3.63) is 35.4 Å². The SMILES string of the molecule is OC(CSc1nnnn1C1CCCC1)c1ccc(F)c(F)c1. The van der Waals surface area contributed by atoms with Crippen LogP contribution in [0.4, 0.5) is 8.78 Å². The zero-order valence-corrected chi connectivity index (χ0v) is 12.6. The number of aromatic nitrogens is 4. The van der Waals surface area contributed by atoms with Crippen molar-refractivity contribution in [3.8, 4) is 0 Å². The maximum absolute atomic E-state index is 13.2. The van der Waals surface area contributed by atoms with E-state index >= 15 is 0 Å². The molecule has 0 bridgehead atoms. The molecule has 0 spiro atoms. The van der Waals surface area contributed by atoms with E-state index in [1.54, 1.807) is 4.68 Å².